The Bertz CT molecular complexity index is 312. The van der Waals surface area contributed by atoms with Crippen LogP contribution in [0.25, 0.3) is 0 Å². The van der Waals surface area contributed by atoms with Crippen LogP contribution in [0.4, 0.5) is 4.79 Å². The van der Waals surface area contributed by atoms with Gasteiger partial charge in [-0.3, -0.25) is 0 Å². The zero-order valence-corrected chi connectivity index (χ0v) is 12.6. The first-order chi connectivity index (χ1) is 9.84. The van der Waals surface area contributed by atoms with E-state index in [1.54, 1.807) is 0 Å². The van der Waals surface area contributed by atoms with Crippen LogP contribution in [0.2, 0.25) is 0 Å². The van der Waals surface area contributed by atoms with Crippen molar-refractivity contribution in [3.05, 3.63) is 0 Å². The van der Waals surface area contributed by atoms with Crippen molar-refractivity contribution < 1.29 is 4.79 Å². The van der Waals surface area contributed by atoms with Crippen LogP contribution in [0.3, 0.4) is 0 Å². The predicted molar refractivity (Wildman–Crippen MR) is 80.8 cm³/mol. The first kappa shape index (κ1) is 14.2. The normalized spacial score (nSPS) is 29.5. The smallest absolute Gasteiger partial charge is 0.319 e. The minimum Gasteiger partial charge on any atom is -0.325 e. The number of rotatable bonds is 1. The highest BCUT2D eigenvalue weighted by atomic mass is 16.2. The van der Waals surface area contributed by atoms with Crippen LogP contribution in [0.15, 0.2) is 0 Å². The van der Waals surface area contributed by atoms with Crippen LogP contribution in [-0.2, 0) is 0 Å². The van der Waals surface area contributed by atoms with Gasteiger partial charge < -0.3 is 15.1 Å². The number of carbonyl (C=O) groups is 1. The fraction of sp³-hybridized carbons (Fsp3) is 0.938. The minimum atomic E-state index is 0.310. The third-order valence-corrected chi connectivity index (χ3v) is 5.35. The van der Waals surface area contributed by atoms with Gasteiger partial charge >= 0.3 is 6.03 Å². The molecule has 4 nitrogen and oxygen atoms in total. The number of carbonyl (C=O) groups excluding carboxylic acids is 1. The summed E-state index contributed by atoms with van der Waals surface area (Å²) in [5, 5.41) is 3.63. The number of hydrogen-bond donors (Lipinski definition) is 1. The van der Waals surface area contributed by atoms with Gasteiger partial charge in [0, 0.05) is 32.2 Å². The molecule has 0 aromatic carbocycles. The van der Waals surface area contributed by atoms with E-state index in [1.165, 1.54) is 57.9 Å². The summed E-state index contributed by atoms with van der Waals surface area (Å²) in [5.41, 5.74) is 0. The van der Waals surface area contributed by atoms with E-state index < -0.39 is 0 Å². The molecule has 3 aliphatic heterocycles. The van der Waals surface area contributed by atoms with E-state index >= 15 is 0 Å². The number of hydrogen-bond acceptors (Lipinski definition) is 2. The third kappa shape index (κ3) is 3.27. The maximum Gasteiger partial charge on any atom is 0.319 e. The zero-order chi connectivity index (χ0) is 13.8. The zero-order valence-electron chi connectivity index (χ0n) is 12.6. The summed E-state index contributed by atoms with van der Waals surface area (Å²) in [6, 6.07) is 1.04. The third-order valence-electron chi connectivity index (χ3n) is 5.35. The molecule has 2 amide bonds. The molecule has 0 saturated carbocycles. The van der Waals surface area contributed by atoms with Crippen LogP contribution < -0.4 is 5.32 Å². The Morgan fingerprint density at radius 2 is 1.45 bits per heavy atom. The summed E-state index contributed by atoms with van der Waals surface area (Å²) in [7, 11) is 0. The molecule has 114 valence electrons. The lowest BCUT2D eigenvalue weighted by Crippen LogP contribution is -2.48. The predicted octanol–water partition coefficient (Wildman–Crippen LogP) is 2.45. The van der Waals surface area contributed by atoms with Gasteiger partial charge in [0.25, 0.3) is 0 Å². The van der Waals surface area contributed by atoms with Crippen LogP contribution in [0.1, 0.15) is 51.4 Å². The van der Waals surface area contributed by atoms with Crippen molar-refractivity contribution in [3.8, 4) is 0 Å². The van der Waals surface area contributed by atoms with Gasteiger partial charge in [-0.05, 0) is 51.0 Å². The van der Waals surface area contributed by atoms with Gasteiger partial charge in [-0.1, -0.05) is 12.8 Å². The number of nitrogens with one attached hydrogen (secondary N) is 1. The van der Waals surface area contributed by atoms with Gasteiger partial charge in [-0.25, -0.2) is 4.79 Å². The molecule has 0 aliphatic carbocycles. The molecule has 0 aromatic heterocycles. The Hall–Kier alpha value is -0.770. The Balaban J connectivity index is 1.48. The fourth-order valence-electron chi connectivity index (χ4n) is 4.07. The summed E-state index contributed by atoms with van der Waals surface area (Å²) >= 11 is 0. The van der Waals surface area contributed by atoms with Crippen LogP contribution >= 0.6 is 0 Å². The molecule has 20 heavy (non-hydrogen) atoms. The highest BCUT2D eigenvalue weighted by Crippen LogP contribution is 2.26. The fourth-order valence-corrected chi connectivity index (χ4v) is 4.07. The number of likely N-dealkylation sites (tertiary alicyclic amines) is 2. The molecule has 1 atom stereocenters. The lowest BCUT2D eigenvalue weighted by atomic mass is 9.89. The van der Waals surface area contributed by atoms with Crippen LogP contribution in [0, 0.1) is 5.92 Å². The molecule has 1 unspecified atom stereocenters. The maximum absolute atomic E-state index is 12.6. The van der Waals surface area contributed by atoms with Gasteiger partial charge in [0.2, 0.25) is 0 Å². The second kappa shape index (κ2) is 6.79. The molecular weight excluding hydrogens is 250 g/mol. The molecule has 3 rings (SSSR count). The number of piperidine rings is 1. The van der Waals surface area contributed by atoms with E-state index in [9.17, 15) is 4.79 Å². The molecule has 3 aliphatic rings. The summed E-state index contributed by atoms with van der Waals surface area (Å²) in [4.78, 5) is 16.8. The molecule has 3 saturated heterocycles. The standard InChI is InChI=1S/C16H29N3O/c20-16(18-10-3-1-2-4-11-18)19-12-7-14(8-13-19)15-6-5-9-17-15/h14-15,17H,1-13H2. The van der Waals surface area contributed by atoms with Gasteiger partial charge in [-0.2, -0.15) is 0 Å². The van der Waals surface area contributed by atoms with Crippen molar-refractivity contribution in [1.82, 2.24) is 15.1 Å². The molecule has 4 heteroatoms. The molecule has 0 spiro atoms. The molecule has 0 bridgehead atoms. The SMILES string of the molecule is O=C(N1CCCCCC1)N1CCC(C2CCCN2)CC1. The summed E-state index contributed by atoms with van der Waals surface area (Å²) < 4.78 is 0. The van der Waals surface area contributed by atoms with Crippen molar-refractivity contribution >= 4 is 6.03 Å². The Morgan fingerprint density at radius 1 is 0.800 bits per heavy atom. The van der Waals surface area contributed by atoms with Crippen molar-refractivity contribution in [2.24, 2.45) is 5.92 Å². The molecular formula is C16H29N3O. The minimum absolute atomic E-state index is 0.310. The first-order valence-corrected chi connectivity index (χ1v) is 8.62. The molecule has 3 heterocycles. The van der Waals surface area contributed by atoms with E-state index in [2.05, 4.69) is 15.1 Å². The van der Waals surface area contributed by atoms with E-state index in [1.807, 2.05) is 0 Å². The summed E-state index contributed by atoms with van der Waals surface area (Å²) in [6.07, 6.45) is 10.0. The average Bonchev–Trinajstić information content (AvgIpc) is 2.89. The van der Waals surface area contributed by atoms with Gasteiger partial charge in [0.1, 0.15) is 0 Å². The Kier molecular flexibility index (Phi) is 4.81. The molecule has 0 aromatic rings. The number of nitrogens with zero attached hydrogens (tertiary/aromatic N) is 2. The van der Waals surface area contributed by atoms with E-state index in [-0.39, 0.29) is 0 Å². The summed E-state index contributed by atoms with van der Waals surface area (Å²) in [6.45, 7) is 5.08. The van der Waals surface area contributed by atoms with Crippen molar-refractivity contribution in [2.75, 3.05) is 32.7 Å². The Labute approximate surface area is 122 Å². The van der Waals surface area contributed by atoms with E-state index in [0.29, 0.717) is 6.03 Å². The van der Waals surface area contributed by atoms with Gasteiger partial charge in [0.15, 0.2) is 0 Å². The van der Waals surface area contributed by atoms with Gasteiger partial charge in [0.05, 0.1) is 0 Å². The second-order valence-electron chi connectivity index (χ2n) is 6.71. The maximum atomic E-state index is 12.6. The highest BCUT2D eigenvalue weighted by molar-refractivity contribution is 5.74. The first-order valence-electron chi connectivity index (χ1n) is 8.62. The average molecular weight is 279 g/mol. The lowest BCUT2D eigenvalue weighted by molar-refractivity contribution is 0.127. The molecule has 1 N–H and O–H groups in total. The quantitative estimate of drug-likeness (QED) is 0.800. The van der Waals surface area contributed by atoms with Crippen LogP contribution in [-0.4, -0.2) is 54.6 Å². The van der Waals surface area contributed by atoms with Crippen molar-refractivity contribution in [3.63, 3.8) is 0 Å². The Morgan fingerprint density at radius 3 is 2.05 bits per heavy atom. The molecule has 3 fully saturated rings. The molecule has 0 radical (unpaired) electrons. The number of amides is 2. The second-order valence-corrected chi connectivity index (χ2v) is 6.71. The highest BCUT2D eigenvalue weighted by Gasteiger charge is 2.31. The van der Waals surface area contributed by atoms with Crippen molar-refractivity contribution in [1.29, 1.82) is 0 Å². The largest absolute Gasteiger partial charge is 0.325 e. The monoisotopic (exact) mass is 279 g/mol. The van der Waals surface area contributed by atoms with Crippen molar-refractivity contribution in [2.45, 2.75) is 57.4 Å². The van der Waals surface area contributed by atoms with Crippen LogP contribution in [0.5, 0.6) is 0 Å². The lowest BCUT2D eigenvalue weighted by Gasteiger charge is -2.37. The van der Waals surface area contributed by atoms with E-state index in [4.69, 9.17) is 0 Å². The van der Waals surface area contributed by atoms with Gasteiger partial charge in [-0.15, -0.1) is 0 Å². The summed E-state index contributed by atoms with van der Waals surface area (Å²) in [5.74, 6) is 0.797. The van der Waals surface area contributed by atoms with E-state index in [0.717, 1.165) is 38.1 Å². The number of urea groups is 1. The topological polar surface area (TPSA) is 35.6 Å².